The lowest BCUT2D eigenvalue weighted by molar-refractivity contribution is -0.186. The van der Waals surface area contributed by atoms with Crippen LogP contribution in [0.5, 0.6) is 0 Å². The monoisotopic (exact) mass is 433 g/mol. The SMILES string of the molecule is O=C(CN1CCCC(C(F)(F)F)C1)c1cc(Br)sc1Br. The van der Waals surface area contributed by atoms with Gasteiger partial charge >= 0.3 is 6.18 Å². The van der Waals surface area contributed by atoms with Crippen LogP contribution in [0.2, 0.25) is 0 Å². The van der Waals surface area contributed by atoms with E-state index in [2.05, 4.69) is 31.9 Å². The Bertz CT molecular complexity index is 503. The highest BCUT2D eigenvalue weighted by Gasteiger charge is 2.41. The molecule has 0 saturated carbocycles. The van der Waals surface area contributed by atoms with Crippen molar-refractivity contribution in [3.8, 4) is 0 Å². The Kier molecular flexibility index (Phi) is 5.31. The number of Topliss-reactive ketones (excluding diaryl/α,β-unsaturated/α-hetero) is 1. The van der Waals surface area contributed by atoms with Gasteiger partial charge in [-0.05, 0) is 57.3 Å². The van der Waals surface area contributed by atoms with Crippen molar-refractivity contribution in [2.24, 2.45) is 5.92 Å². The molecule has 1 aliphatic rings. The summed E-state index contributed by atoms with van der Waals surface area (Å²) in [4.78, 5) is 13.7. The van der Waals surface area contributed by atoms with Gasteiger partial charge in [0.2, 0.25) is 0 Å². The molecule has 0 bridgehead atoms. The summed E-state index contributed by atoms with van der Waals surface area (Å²) in [5.41, 5.74) is 0.524. The average Bonchev–Trinajstić information content (AvgIpc) is 2.68. The quantitative estimate of drug-likeness (QED) is 0.641. The first-order chi connectivity index (χ1) is 9.27. The van der Waals surface area contributed by atoms with Crippen LogP contribution in [0.4, 0.5) is 13.2 Å². The highest BCUT2D eigenvalue weighted by atomic mass is 79.9. The van der Waals surface area contributed by atoms with Crippen LogP contribution in [0.25, 0.3) is 0 Å². The molecule has 8 heteroatoms. The molecule has 0 aliphatic carbocycles. The van der Waals surface area contributed by atoms with Gasteiger partial charge in [0.15, 0.2) is 5.78 Å². The summed E-state index contributed by atoms with van der Waals surface area (Å²) in [7, 11) is 0. The van der Waals surface area contributed by atoms with Crippen LogP contribution in [0.15, 0.2) is 13.6 Å². The molecule has 0 amide bonds. The third-order valence-electron chi connectivity index (χ3n) is 3.29. The number of ketones is 1. The van der Waals surface area contributed by atoms with Gasteiger partial charge in [0, 0.05) is 12.1 Å². The van der Waals surface area contributed by atoms with Crippen molar-refractivity contribution < 1.29 is 18.0 Å². The zero-order valence-electron chi connectivity index (χ0n) is 10.3. The van der Waals surface area contributed by atoms with E-state index < -0.39 is 12.1 Å². The van der Waals surface area contributed by atoms with Crippen LogP contribution in [0.1, 0.15) is 23.2 Å². The Morgan fingerprint density at radius 1 is 1.45 bits per heavy atom. The number of hydrogen-bond donors (Lipinski definition) is 0. The van der Waals surface area contributed by atoms with E-state index in [0.29, 0.717) is 22.3 Å². The van der Waals surface area contributed by atoms with Gasteiger partial charge in [0.25, 0.3) is 0 Å². The van der Waals surface area contributed by atoms with Gasteiger partial charge in [-0.3, -0.25) is 9.69 Å². The minimum absolute atomic E-state index is 0.0361. The smallest absolute Gasteiger partial charge is 0.295 e. The first kappa shape index (κ1) is 16.5. The Balaban J connectivity index is 1.99. The van der Waals surface area contributed by atoms with Gasteiger partial charge in [-0.25, -0.2) is 0 Å². The molecule has 112 valence electrons. The number of nitrogens with zero attached hydrogens (tertiary/aromatic N) is 1. The van der Waals surface area contributed by atoms with E-state index in [1.807, 2.05) is 0 Å². The largest absolute Gasteiger partial charge is 0.393 e. The lowest BCUT2D eigenvalue weighted by Crippen LogP contribution is -2.43. The van der Waals surface area contributed by atoms with Crippen molar-refractivity contribution >= 4 is 49.0 Å². The topological polar surface area (TPSA) is 20.3 Å². The summed E-state index contributed by atoms with van der Waals surface area (Å²) < 4.78 is 39.7. The predicted molar refractivity (Wildman–Crippen MR) is 79.3 cm³/mol. The summed E-state index contributed by atoms with van der Waals surface area (Å²) >= 11 is 7.96. The van der Waals surface area contributed by atoms with Crippen LogP contribution in [0, 0.1) is 5.92 Å². The predicted octanol–water partition coefficient (Wildman–Crippen LogP) is 4.73. The number of piperidine rings is 1. The zero-order valence-corrected chi connectivity index (χ0v) is 14.3. The molecule has 0 spiro atoms. The van der Waals surface area contributed by atoms with E-state index in [4.69, 9.17) is 0 Å². The van der Waals surface area contributed by atoms with Crippen LogP contribution in [0.3, 0.4) is 0 Å². The molecule has 2 nitrogen and oxygen atoms in total. The van der Waals surface area contributed by atoms with E-state index in [0.717, 1.165) is 3.79 Å². The van der Waals surface area contributed by atoms with Crippen molar-refractivity contribution in [1.82, 2.24) is 4.90 Å². The molecule has 1 unspecified atom stereocenters. The van der Waals surface area contributed by atoms with E-state index in [-0.39, 0.29) is 25.3 Å². The fourth-order valence-electron chi connectivity index (χ4n) is 2.28. The number of alkyl halides is 3. The molecule has 20 heavy (non-hydrogen) atoms. The van der Waals surface area contributed by atoms with Gasteiger partial charge in [0.05, 0.1) is 20.0 Å². The van der Waals surface area contributed by atoms with Crippen LogP contribution in [-0.2, 0) is 0 Å². The molecule has 1 aliphatic heterocycles. The molecule has 1 atom stereocenters. The minimum atomic E-state index is -4.17. The van der Waals surface area contributed by atoms with Gasteiger partial charge < -0.3 is 0 Å². The van der Waals surface area contributed by atoms with E-state index >= 15 is 0 Å². The van der Waals surface area contributed by atoms with Crippen LogP contribution >= 0.6 is 43.2 Å². The molecule has 1 aromatic rings. The number of halogens is 5. The molecule has 0 N–H and O–H groups in total. The summed E-state index contributed by atoms with van der Waals surface area (Å²) in [5, 5.41) is 0. The molecule has 2 rings (SSSR count). The van der Waals surface area contributed by atoms with Crippen molar-refractivity contribution in [3.05, 3.63) is 19.2 Å². The van der Waals surface area contributed by atoms with Crippen molar-refractivity contribution in [3.63, 3.8) is 0 Å². The minimum Gasteiger partial charge on any atom is -0.295 e. The third kappa shape index (κ3) is 4.05. The maximum absolute atomic E-state index is 12.7. The maximum atomic E-state index is 12.7. The number of carbonyl (C=O) groups is 1. The number of hydrogen-bond acceptors (Lipinski definition) is 3. The zero-order chi connectivity index (χ0) is 14.9. The Labute approximate surface area is 135 Å². The van der Waals surface area contributed by atoms with E-state index in [1.54, 1.807) is 11.0 Å². The lowest BCUT2D eigenvalue weighted by atomic mass is 9.97. The van der Waals surface area contributed by atoms with Crippen molar-refractivity contribution in [2.75, 3.05) is 19.6 Å². The Hall–Kier alpha value is 0.0800. The van der Waals surface area contributed by atoms with Crippen LogP contribution in [-0.4, -0.2) is 36.5 Å². The second-order valence-corrected chi connectivity index (χ2v) is 8.53. The first-order valence-corrected chi connectivity index (χ1v) is 8.44. The van der Waals surface area contributed by atoms with Gasteiger partial charge in [-0.2, -0.15) is 13.2 Å². The van der Waals surface area contributed by atoms with Crippen molar-refractivity contribution in [2.45, 2.75) is 19.0 Å². The molecular weight excluding hydrogens is 423 g/mol. The summed E-state index contributed by atoms with van der Waals surface area (Å²) in [6.45, 7) is 0.494. The molecular formula is C12H12Br2F3NOS. The van der Waals surface area contributed by atoms with Crippen LogP contribution < -0.4 is 0 Å². The molecule has 1 aromatic heterocycles. The third-order valence-corrected chi connectivity index (χ3v) is 5.63. The molecule has 2 heterocycles. The van der Waals surface area contributed by atoms with Gasteiger partial charge in [-0.1, -0.05) is 0 Å². The fraction of sp³-hybridized carbons (Fsp3) is 0.583. The Morgan fingerprint density at radius 3 is 2.70 bits per heavy atom. The number of likely N-dealkylation sites (tertiary alicyclic amines) is 1. The summed E-state index contributed by atoms with van der Waals surface area (Å²) in [5.74, 6) is -1.47. The number of rotatable bonds is 3. The molecule has 0 aromatic carbocycles. The van der Waals surface area contributed by atoms with E-state index in [1.165, 1.54) is 11.3 Å². The second-order valence-electron chi connectivity index (χ2n) is 4.78. The highest BCUT2D eigenvalue weighted by molar-refractivity contribution is 9.12. The van der Waals surface area contributed by atoms with Gasteiger partial charge in [0.1, 0.15) is 0 Å². The van der Waals surface area contributed by atoms with E-state index in [9.17, 15) is 18.0 Å². The van der Waals surface area contributed by atoms with Gasteiger partial charge in [-0.15, -0.1) is 11.3 Å². The Morgan fingerprint density at radius 2 is 2.15 bits per heavy atom. The standard InChI is InChI=1S/C12H12Br2F3NOS/c13-10-4-8(11(14)20-10)9(19)6-18-3-1-2-7(5-18)12(15,16)17/h4,7H,1-3,5-6H2. The normalized spacial score (nSPS) is 21.1. The number of carbonyl (C=O) groups excluding carboxylic acids is 1. The summed E-state index contributed by atoms with van der Waals surface area (Å²) in [6, 6.07) is 1.70. The molecule has 1 saturated heterocycles. The molecule has 1 fully saturated rings. The first-order valence-electron chi connectivity index (χ1n) is 6.04. The lowest BCUT2D eigenvalue weighted by Gasteiger charge is -2.33. The maximum Gasteiger partial charge on any atom is 0.393 e. The number of thiophene rings is 1. The summed E-state index contributed by atoms with van der Waals surface area (Å²) in [6.07, 6.45) is -3.54. The molecule has 0 radical (unpaired) electrons. The van der Waals surface area contributed by atoms with Crippen molar-refractivity contribution in [1.29, 1.82) is 0 Å². The fourth-order valence-corrected chi connectivity index (χ4v) is 5.14. The highest BCUT2D eigenvalue weighted by Crippen LogP contribution is 2.34. The second kappa shape index (κ2) is 6.46. The average molecular weight is 435 g/mol.